The molecule has 5 atom stereocenters. The number of cyclic esters (lactones) is 1. The molecule has 0 radical (unpaired) electrons. The molecule has 0 saturated carbocycles. The zero-order valence-corrected chi connectivity index (χ0v) is 23.6. The number of nitrogens with one attached hydrogen (secondary N) is 1. The van der Waals surface area contributed by atoms with E-state index in [0.29, 0.717) is 29.4 Å². The second kappa shape index (κ2) is 10.8. The average Bonchev–Trinajstić information content (AvgIpc) is 3.10. The van der Waals surface area contributed by atoms with Gasteiger partial charge in [-0.15, -0.1) is 0 Å². The average molecular weight is 562 g/mol. The van der Waals surface area contributed by atoms with Crippen LogP contribution in [0.1, 0.15) is 70.0 Å². The summed E-state index contributed by atoms with van der Waals surface area (Å²) >= 11 is 12.5. The van der Waals surface area contributed by atoms with Crippen LogP contribution in [-0.2, 0) is 14.3 Å². The number of carboxylic acids is 1. The van der Waals surface area contributed by atoms with Crippen molar-refractivity contribution in [2.45, 2.75) is 70.6 Å². The number of hydrogen-bond acceptors (Lipinski definition) is 4. The van der Waals surface area contributed by atoms with E-state index in [-0.39, 0.29) is 42.3 Å². The van der Waals surface area contributed by atoms with Crippen molar-refractivity contribution in [3.8, 4) is 0 Å². The van der Waals surface area contributed by atoms with Crippen molar-refractivity contribution in [3.05, 3.63) is 69.7 Å². The smallest absolute Gasteiger partial charge is 0.411 e. The number of aliphatic carboxylic acids is 1. The maximum Gasteiger partial charge on any atom is 0.411 e. The first kappa shape index (κ1) is 28.2. The minimum atomic E-state index is -1.06. The summed E-state index contributed by atoms with van der Waals surface area (Å²) < 4.78 is 5.62. The highest BCUT2D eigenvalue weighted by Gasteiger charge is 2.48. The third-order valence-electron chi connectivity index (χ3n) is 7.76. The summed E-state index contributed by atoms with van der Waals surface area (Å²) in [6.45, 7) is 7.95. The van der Waals surface area contributed by atoms with Gasteiger partial charge in [-0.05, 0) is 68.0 Å². The Kier molecular flexibility index (Phi) is 8.01. The molecule has 1 unspecified atom stereocenters. The number of benzene rings is 2. The van der Waals surface area contributed by atoms with Crippen molar-refractivity contribution >= 4 is 41.2 Å². The Morgan fingerprint density at radius 1 is 1.13 bits per heavy atom. The van der Waals surface area contributed by atoms with Crippen molar-refractivity contribution < 1.29 is 24.2 Å². The molecule has 2 aromatic rings. The third kappa shape index (κ3) is 6.10. The van der Waals surface area contributed by atoms with Crippen LogP contribution < -0.4 is 5.32 Å². The summed E-state index contributed by atoms with van der Waals surface area (Å²) in [6, 6.07) is 14.3. The quantitative estimate of drug-likeness (QED) is 0.387. The first-order valence-electron chi connectivity index (χ1n) is 12.8. The van der Waals surface area contributed by atoms with E-state index in [2.05, 4.69) is 12.2 Å². The van der Waals surface area contributed by atoms with Gasteiger partial charge in [0.25, 0.3) is 0 Å². The Bertz CT molecular complexity index is 1220. The van der Waals surface area contributed by atoms with Gasteiger partial charge in [-0.2, -0.15) is 0 Å². The number of carbonyl (C=O) groups excluding carboxylic acids is 2. The number of amides is 2. The molecular weight excluding hydrogens is 527 g/mol. The Morgan fingerprint density at radius 3 is 2.39 bits per heavy atom. The number of carbonyl (C=O) groups is 3. The van der Waals surface area contributed by atoms with Crippen molar-refractivity contribution in [1.29, 1.82) is 0 Å². The molecule has 2 saturated heterocycles. The lowest BCUT2D eigenvalue weighted by molar-refractivity contribution is -0.147. The van der Waals surface area contributed by atoms with E-state index in [4.69, 9.17) is 27.9 Å². The monoisotopic (exact) mass is 560 g/mol. The van der Waals surface area contributed by atoms with Crippen molar-refractivity contribution in [2.24, 2.45) is 11.3 Å². The molecule has 204 valence electrons. The second-order valence-electron chi connectivity index (χ2n) is 11.5. The molecule has 4 rings (SSSR count). The van der Waals surface area contributed by atoms with Gasteiger partial charge in [0.05, 0.1) is 24.4 Å². The molecule has 0 aliphatic carbocycles. The Labute approximate surface area is 233 Å². The van der Waals surface area contributed by atoms with Crippen LogP contribution in [0, 0.1) is 11.3 Å². The number of ether oxygens (including phenoxy) is 1. The van der Waals surface area contributed by atoms with Crippen LogP contribution >= 0.6 is 23.2 Å². The summed E-state index contributed by atoms with van der Waals surface area (Å²) in [6.07, 6.45) is 0.268. The normalized spacial score (nSPS) is 26.4. The molecule has 9 heteroatoms. The number of rotatable bonds is 8. The van der Waals surface area contributed by atoms with Crippen molar-refractivity contribution in [3.63, 3.8) is 0 Å². The van der Waals surface area contributed by atoms with E-state index >= 15 is 0 Å². The number of nitrogens with zero attached hydrogens (tertiary/aromatic N) is 1. The summed E-state index contributed by atoms with van der Waals surface area (Å²) in [7, 11) is 0. The largest absolute Gasteiger partial charge is 0.481 e. The molecule has 7 nitrogen and oxygen atoms in total. The van der Waals surface area contributed by atoms with Gasteiger partial charge in [0.1, 0.15) is 5.60 Å². The Hall–Kier alpha value is -2.77. The molecule has 2 aliphatic rings. The summed E-state index contributed by atoms with van der Waals surface area (Å²) in [4.78, 5) is 39.6. The number of piperidine rings is 1. The molecule has 2 fully saturated rings. The maximum atomic E-state index is 13.3. The Balaban J connectivity index is 1.68. The fraction of sp³-hybridized carbons (Fsp3) is 0.483. The number of carboxylic acid groups (broad SMARTS) is 1. The van der Waals surface area contributed by atoms with Gasteiger partial charge in [-0.1, -0.05) is 61.3 Å². The SMILES string of the molecule is CC(C[C@@H](c1ccc(Cl)cc1)N1CC(C)(C)OC1=O)[C@@H]1NC(=O)[C@](C)(CC(=O)O)C[C@@H]1c1cccc(Cl)c1. The summed E-state index contributed by atoms with van der Waals surface area (Å²) in [5.41, 5.74) is 0.183. The minimum absolute atomic E-state index is 0.0884. The molecule has 2 aliphatic heterocycles. The van der Waals surface area contributed by atoms with E-state index in [0.717, 1.165) is 11.1 Å². The zero-order chi connectivity index (χ0) is 27.8. The van der Waals surface area contributed by atoms with Gasteiger partial charge in [-0.25, -0.2) is 4.79 Å². The lowest BCUT2D eigenvalue weighted by atomic mass is 9.67. The fourth-order valence-corrected chi connectivity index (χ4v) is 6.21. The van der Waals surface area contributed by atoms with E-state index in [1.165, 1.54) is 0 Å². The summed E-state index contributed by atoms with van der Waals surface area (Å²) in [5.74, 6) is -1.55. The Morgan fingerprint density at radius 2 is 1.82 bits per heavy atom. The standard InChI is InChI=1S/C29H34Cl2N2O5/c1-17(12-23(18-8-10-20(30)11-9-18)33-16-28(2,3)38-27(33)37)25-22(19-6-5-7-21(31)13-19)14-29(4,15-24(34)35)26(36)32-25/h5-11,13,17,22-23,25H,12,14-16H2,1-4H3,(H,32,36)(H,34,35)/t17?,22-,23+,25+,29+/m1/s1. The highest BCUT2D eigenvalue weighted by molar-refractivity contribution is 6.30. The molecule has 2 aromatic carbocycles. The number of halogens is 2. The van der Waals surface area contributed by atoms with E-state index in [1.807, 2.05) is 44.2 Å². The molecule has 38 heavy (non-hydrogen) atoms. The molecule has 2 N–H and O–H groups in total. The molecule has 2 heterocycles. The predicted molar refractivity (Wildman–Crippen MR) is 146 cm³/mol. The second-order valence-corrected chi connectivity index (χ2v) is 12.4. The minimum Gasteiger partial charge on any atom is -0.481 e. The third-order valence-corrected chi connectivity index (χ3v) is 8.24. The highest BCUT2D eigenvalue weighted by atomic mass is 35.5. The van der Waals surface area contributed by atoms with Gasteiger partial charge < -0.3 is 15.2 Å². The molecule has 2 amide bonds. The molecule has 0 spiro atoms. The van der Waals surface area contributed by atoms with Gasteiger partial charge in [0, 0.05) is 22.0 Å². The van der Waals surface area contributed by atoms with E-state index in [1.54, 1.807) is 30.0 Å². The molecular formula is C29H34Cl2N2O5. The predicted octanol–water partition coefficient (Wildman–Crippen LogP) is 6.44. The van der Waals surface area contributed by atoms with Crippen LogP contribution in [0.25, 0.3) is 0 Å². The van der Waals surface area contributed by atoms with Gasteiger partial charge >= 0.3 is 12.1 Å². The lowest BCUT2D eigenvalue weighted by Gasteiger charge is -2.45. The van der Waals surface area contributed by atoms with Crippen LogP contribution in [0.15, 0.2) is 48.5 Å². The number of hydrogen-bond donors (Lipinski definition) is 2. The van der Waals surface area contributed by atoms with Crippen LogP contribution in [-0.4, -0.2) is 46.2 Å². The first-order valence-corrected chi connectivity index (χ1v) is 13.6. The summed E-state index contributed by atoms with van der Waals surface area (Å²) in [5, 5.41) is 13.9. The molecule has 0 aromatic heterocycles. The van der Waals surface area contributed by atoms with Crippen LogP contribution in [0.4, 0.5) is 4.79 Å². The van der Waals surface area contributed by atoms with E-state index < -0.39 is 17.0 Å². The van der Waals surface area contributed by atoms with Crippen molar-refractivity contribution in [2.75, 3.05) is 6.54 Å². The maximum absolute atomic E-state index is 13.3. The fourth-order valence-electron chi connectivity index (χ4n) is 5.89. The van der Waals surface area contributed by atoms with E-state index in [9.17, 15) is 19.5 Å². The first-order chi connectivity index (χ1) is 17.8. The van der Waals surface area contributed by atoms with Gasteiger partial charge in [0.2, 0.25) is 5.91 Å². The molecule has 0 bridgehead atoms. The van der Waals surface area contributed by atoms with Gasteiger partial charge in [0.15, 0.2) is 0 Å². The topological polar surface area (TPSA) is 95.9 Å². The van der Waals surface area contributed by atoms with Crippen molar-refractivity contribution in [1.82, 2.24) is 10.2 Å². The van der Waals surface area contributed by atoms with Gasteiger partial charge in [-0.3, -0.25) is 14.5 Å². The van der Waals surface area contributed by atoms with Crippen LogP contribution in [0.5, 0.6) is 0 Å². The highest BCUT2D eigenvalue weighted by Crippen LogP contribution is 2.45. The lowest BCUT2D eigenvalue weighted by Crippen LogP contribution is -2.56. The van der Waals surface area contributed by atoms with Crippen LogP contribution in [0.3, 0.4) is 0 Å². The zero-order valence-electron chi connectivity index (χ0n) is 22.0. The van der Waals surface area contributed by atoms with Crippen LogP contribution in [0.2, 0.25) is 10.0 Å².